The summed E-state index contributed by atoms with van der Waals surface area (Å²) < 4.78 is 13.1. The van der Waals surface area contributed by atoms with Crippen LogP contribution >= 0.6 is 11.6 Å². The summed E-state index contributed by atoms with van der Waals surface area (Å²) in [7, 11) is 1.82. The first-order valence-electron chi connectivity index (χ1n) is 5.13. The van der Waals surface area contributed by atoms with Crippen LogP contribution in [-0.2, 0) is 0 Å². The van der Waals surface area contributed by atoms with Crippen LogP contribution in [0.1, 0.15) is 0 Å². The van der Waals surface area contributed by atoms with Crippen molar-refractivity contribution in [2.24, 2.45) is 0 Å². The van der Waals surface area contributed by atoms with Crippen molar-refractivity contribution < 1.29 is 4.39 Å². The lowest BCUT2D eigenvalue weighted by molar-refractivity contribution is 0.628. The van der Waals surface area contributed by atoms with Crippen molar-refractivity contribution in [1.82, 2.24) is 0 Å². The molecule has 0 atom stereocenters. The van der Waals surface area contributed by atoms with Gasteiger partial charge in [-0.2, -0.15) is 0 Å². The molecule has 2 nitrogen and oxygen atoms in total. The zero-order valence-electron chi connectivity index (χ0n) is 9.32. The van der Waals surface area contributed by atoms with Crippen molar-refractivity contribution >= 4 is 28.7 Å². The van der Waals surface area contributed by atoms with E-state index in [1.807, 2.05) is 25.2 Å². The third-order valence-corrected chi connectivity index (χ3v) is 2.92. The predicted octanol–water partition coefficient (Wildman–Crippen LogP) is 3.83. The van der Waals surface area contributed by atoms with Crippen LogP contribution < -0.4 is 10.6 Å². The van der Waals surface area contributed by atoms with Crippen LogP contribution in [0.5, 0.6) is 0 Å². The summed E-state index contributed by atoms with van der Waals surface area (Å²) >= 11 is 5.95. The van der Waals surface area contributed by atoms with Gasteiger partial charge in [0.15, 0.2) is 0 Å². The van der Waals surface area contributed by atoms with Gasteiger partial charge in [0.1, 0.15) is 5.82 Å². The molecule has 0 aliphatic rings. The van der Waals surface area contributed by atoms with Crippen LogP contribution in [0.2, 0.25) is 5.02 Å². The SMILES string of the molecule is CN(c1cccc(F)c1)c1cccc(Cl)c1N. The number of para-hydroxylation sites is 1. The first kappa shape index (κ1) is 11.7. The fraction of sp³-hybridized carbons (Fsp3) is 0.0769. The zero-order valence-corrected chi connectivity index (χ0v) is 10.1. The maximum absolute atomic E-state index is 13.1. The molecule has 2 N–H and O–H groups in total. The second-order valence-corrected chi connectivity index (χ2v) is 4.12. The third-order valence-electron chi connectivity index (χ3n) is 2.59. The normalized spacial score (nSPS) is 10.3. The molecule has 2 aromatic rings. The lowest BCUT2D eigenvalue weighted by Gasteiger charge is -2.21. The fourth-order valence-electron chi connectivity index (χ4n) is 1.64. The molecular weight excluding hydrogens is 239 g/mol. The standard InChI is InChI=1S/C13H12ClFN2/c1-17(10-5-2-4-9(15)8-10)12-7-3-6-11(14)13(12)16/h2-8H,16H2,1H3. The van der Waals surface area contributed by atoms with Gasteiger partial charge < -0.3 is 10.6 Å². The van der Waals surface area contributed by atoms with Crippen molar-refractivity contribution in [2.75, 3.05) is 17.7 Å². The van der Waals surface area contributed by atoms with Gasteiger partial charge in [-0.1, -0.05) is 23.7 Å². The van der Waals surface area contributed by atoms with Crippen LogP contribution in [0.4, 0.5) is 21.5 Å². The van der Waals surface area contributed by atoms with Gasteiger partial charge in [-0.05, 0) is 30.3 Å². The monoisotopic (exact) mass is 250 g/mol. The molecule has 0 saturated heterocycles. The Balaban J connectivity index is 2.44. The smallest absolute Gasteiger partial charge is 0.125 e. The van der Waals surface area contributed by atoms with Crippen molar-refractivity contribution in [3.63, 3.8) is 0 Å². The minimum absolute atomic E-state index is 0.282. The van der Waals surface area contributed by atoms with E-state index in [1.165, 1.54) is 12.1 Å². The maximum atomic E-state index is 13.1. The van der Waals surface area contributed by atoms with Gasteiger partial charge in [-0.3, -0.25) is 0 Å². The number of hydrogen-bond acceptors (Lipinski definition) is 2. The molecule has 0 aliphatic heterocycles. The topological polar surface area (TPSA) is 29.3 Å². The number of benzene rings is 2. The molecule has 0 fully saturated rings. The third kappa shape index (κ3) is 2.34. The second-order valence-electron chi connectivity index (χ2n) is 3.71. The summed E-state index contributed by atoms with van der Waals surface area (Å²) in [5.41, 5.74) is 7.85. The van der Waals surface area contributed by atoms with E-state index in [-0.39, 0.29) is 5.82 Å². The molecule has 0 saturated carbocycles. The minimum Gasteiger partial charge on any atom is -0.396 e. The molecule has 0 aliphatic carbocycles. The minimum atomic E-state index is -0.282. The number of anilines is 3. The van der Waals surface area contributed by atoms with Crippen molar-refractivity contribution in [3.8, 4) is 0 Å². The highest BCUT2D eigenvalue weighted by molar-refractivity contribution is 6.33. The number of nitrogens with two attached hydrogens (primary N) is 1. The van der Waals surface area contributed by atoms with Crippen LogP contribution in [0.3, 0.4) is 0 Å². The maximum Gasteiger partial charge on any atom is 0.125 e. The first-order valence-corrected chi connectivity index (χ1v) is 5.50. The van der Waals surface area contributed by atoms with Gasteiger partial charge in [0.2, 0.25) is 0 Å². The van der Waals surface area contributed by atoms with E-state index in [9.17, 15) is 4.39 Å². The molecule has 0 unspecified atom stereocenters. The molecule has 88 valence electrons. The number of rotatable bonds is 2. The van der Waals surface area contributed by atoms with E-state index >= 15 is 0 Å². The summed E-state index contributed by atoms with van der Waals surface area (Å²) in [6, 6.07) is 11.7. The summed E-state index contributed by atoms with van der Waals surface area (Å²) in [5.74, 6) is -0.282. The number of nitrogen functional groups attached to an aromatic ring is 1. The van der Waals surface area contributed by atoms with Gasteiger partial charge in [-0.15, -0.1) is 0 Å². The highest BCUT2D eigenvalue weighted by Gasteiger charge is 2.09. The molecule has 0 aromatic heterocycles. The Morgan fingerprint density at radius 1 is 1.18 bits per heavy atom. The van der Waals surface area contributed by atoms with E-state index in [0.717, 1.165) is 11.4 Å². The average molecular weight is 251 g/mol. The van der Waals surface area contributed by atoms with Gasteiger partial charge in [0.05, 0.1) is 16.4 Å². The quantitative estimate of drug-likeness (QED) is 0.821. The van der Waals surface area contributed by atoms with Gasteiger partial charge in [0, 0.05) is 12.7 Å². The summed E-state index contributed by atoms with van der Waals surface area (Å²) in [5, 5.41) is 0.491. The Kier molecular flexibility index (Phi) is 3.20. The van der Waals surface area contributed by atoms with Gasteiger partial charge in [-0.25, -0.2) is 4.39 Å². The summed E-state index contributed by atoms with van der Waals surface area (Å²) in [6.45, 7) is 0. The lowest BCUT2D eigenvalue weighted by Crippen LogP contribution is -2.11. The first-order chi connectivity index (χ1) is 8.09. The Labute approximate surface area is 104 Å². The Bertz CT molecular complexity index is 543. The second kappa shape index (κ2) is 4.63. The molecule has 4 heteroatoms. The van der Waals surface area contributed by atoms with Gasteiger partial charge in [0.25, 0.3) is 0 Å². The molecule has 0 bridgehead atoms. The molecule has 2 rings (SSSR count). The Morgan fingerprint density at radius 2 is 1.88 bits per heavy atom. The lowest BCUT2D eigenvalue weighted by atomic mass is 10.2. The highest BCUT2D eigenvalue weighted by Crippen LogP contribution is 2.33. The largest absolute Gasteiger partial charge is 0.396 e. The van der Waals surface area contributed by atoms with Crippen LogP contribution in [0.15, 0.2) is 42.5 Å². The van der Waals surface area contributed by atoms with Crippen LogP contribution in [0, 0.1) is 5.82 Å². The van der Waals surface area contributed by atoms with Crippen molar-refractivity contribution in [1.29, 1.82) is 0 Å². The van der Waals surface area contributed by atoms with E-state index in [2.05, 4.69) is 0 Å². The molecule has 17 heavy (non-hydrogen) atoms. The van der Waals surface area contributed by atoms with E-state index < -0.39 is 0 Å². The number of halogens is 2. The average Bonchev–Trinajstić information content (AvgIpc) is 2.32. The van der Waals surface area contributed by atoms with E-state index in [4.69, 9.17) is 17.3 Å². The van der Waals surface area contributed by atoms with Crippen molar-refractivity contribution in [3.05, 3.63) is 53.3 Å². The van der Waals surface area contributed by atoms with Gasteiger partial charge >= 0.3 is 0 Å². The molecule has 0 heterocycles. The van der Waals surface area contributed by atoms with Crippen LogP contribution in [0.25, 0.3) is 0 Å². The molecule has 2 aromatic carbocycles. The Hall–Kier alpha value is -1.74. The van der Waals surface area contributed by atoms with Crippen molar-refractivity contribution in [2.45, 2.75) is 0 Å². The molecule has 0 radical (unpaired) electrons. The number of nitrogens with zero attached hydrogens (tertiary/aromatic N) is 1. The fourth-order valence-corrected chi connectivity index (χ4v) is 1.81. The predicted molar refractivity (Wildman–Crippen MR) is 70.3 cm³/mol. The molecule has 0 spiro atoms. The number of hydrogen-bond donors (Lipinski definition) is 1. The summed E-state index contributed by atoms with van der Waals surface area (Å²) in [4.78, 5) is 1.80. The van der Waals surface area contributed by atoms with E-state index in [1.54, 1.807) is 17.0 Å². The van der Waals surface area contributed by atoms with Crippen LogP contribution in [-0.4, -0.2) is 7.05 Å². The Morgan fingerprint density at radius 3 is 2.59 bits per heavy atom. The molecular formula is C13H12ClFN2. The van der Waals surface area contributed by atoms with E-state index in [0.29, 0.717) is 10.7 Å². The highest BCUT2D eigenvalue weighted by atomic mass is 35.5. The summed E-state index contributed by atoms with van der Waals surface area (Å²) in [6.07, 6.45) is 0. The zero-order chi connectivity index (χ0) is 12.4. The molecule has 0 amide bonds.